The predicted octanol–water partition coefficient (Wildman–Crippen LogP) is 3.64. The summed E-state index contributed by atoms with van der Waals surface area (Å²) >= 11 is 0. The van der Waals surface area contributed by atoms with E-state index < -0.39 is 0 Å². The third-order valence-electron chi connectivity index (χ3n) is 5.39. The summed E-state index contributed by atoms with van der Waals surface area (Å²) in [5.74, 6) is 2.30. The Bertz CT molecular complexity index is 1040. The number of pyridine rings is 1. The number of rotatable bonds is 5. The molecule has 0 radical (unpaired) electrons. The van der Waals surface area contributed by atoms with E-state index in [0.717, 1.165) is 29.8 Å². The quantitative estimate of drug-likeness (QED) is 0.599. The van der Waals surface area contributed by atoms with Gasteiger partial charge in [-0.05, 0) is 30.3 Å². The number of para-hydroxylation sites is 1. The van der Waals surface area contributed by atoms with Crippen molar-refractivity contribution in [1.29, 1.82) is 0 Å². The molecule has 3 aromatic rings. The molecule has 1 aromatic heterocycles. The number of halogens is 1. The molecule has 0 bridgehead atoms. The number of nitrogens with zero attached hydrogens (tertiary/aromatic N) is 3. The van der Waals surface area contributed by atoms with Gasteiger partial charge in [0.05, 0.1) is 26.8 Å². The number of hydrogen-bond acceptors (Lipinski definition) is 6. The van der Waals surface area contributed by atoms with Crippen LogP contribution in [0.5, 0.6) is 17.2 Å². The second-order valence-corrected chi connectivity index (χ2v) is 7.06. The molecule has 1 aliphatic heterocycles. The largest absolute Gasteiger partial charge is 0.493 e. The van der Waals surface area contributed by atoms with Crippen LogP contribution >= 0.6 is 12.4 Å². The van der Waals surface area contributed by atoms with Crippen LogP contribution in [0.1, 0.15) is 10.4 Å². The second-order valence-electron chi connectivity index (χ2n) is 7.06. The first-order valence-corrected chi connectivity index (χ1v) is 9.84. The molecule has 2 heterocycles. The molecular formula is C23H26ClN3O4. The Hall–Kier alpha value is -3.19. The zero-order valence-corrected chi connectivity index (χ0v) is 18.6. The van der Waals surface area contributed by atoms with E-state index in [1.165, 1.54) is 0 Å². The third kappa shape index (κ3) is 4.46. The van der Waals surface area contributed by atoms with Crippen molar-refractivity contribution in [2.75, 3.05) is 52.4 Å². The summed E-state index contributed by atoms with van der Waals surface area (Å²) in [7, 11) is 4.63. The highest BCUT2D eigenvalue weighted by molar-refractivity contribution is 5.96. The molecule has 1 fully saturated rings. The molecule has 0 N–H and O–H groups in total. The second kappa shape index (κ2) is 9.75. The van der Waals surface area contributed by atoms with Gasteiger partial charge >= 0.3 is 0 Å². The van der Waals surface area contributed by atoms with Crippen molar-refractivity contribution in [1.82, 2.24) is 9.88 Å². The molecule has 0 spiro atoms. The van der Waals surface area contributed by atoms with Crippen LogP contribution in [0.2, 0.25) is 0 Å². The van der Waals surface area contributed by atoms with Crippen LogP contribution in [-0.4, -0.2) is 63.3 Å². The van der Waals surface area contributed by atoms with Crippen LogP contribution in [0.15, 0.2) is 48.5 Å². The van der Waals surface area contributed by atoms with Crippen molar-refractivity contribution >= 4 is 35.0 Å². The number of ether oxygens (including phenoxy) is 3. The number of aromatic nitrogens is 1. The zero-order valence-electron chi connectivity index (χ0n) is 17.8. The van der Waals surface area contributed by atoms with Crippen molar-refractivity contribution in [3.63, 3.8) is 0 Å². The number of anilines is 1. The molecule has 0 atom stereocenters. The average Bonchev–Trinajstić information content (AvgIpc) is 2.82. The lowest BCUT2D eigenvalue weighted by Crippen LogP contribution is -2.49. The van der Waals surface area contributed by atoms with Gasteiger partial charge in [0, 0.05) is 37.1 Å². The number of hydrogen-bond donors (Lipinski definition) is 0. The van der Waals surface area contributed by atoms with Crippen molar-refractivity contribution in [3.8, 4) is 17.2 Å². The fraction of sp³-hybridized carbons (Fsp3) is 0.304. The molecule has 31 heavy (non-hydrogen) atoms. The molecule has 0 aliphatic carbocycles. The summed E-state index contributed by atoms with van der Waals surface area (Å²) in [6.07, 6.45) is 0. The first-order valence-electron chi connectivity index (χ1n) is 9.84. The predicted molar refractivity (Wildman–Crippen MR) is 123 cm³/mol. The summed E-state index contributed by atoms with van der Waals surface area (Å²) in [5.41, 5.74) is 1.49. The van der Waals surface area contributed by atoms with Crippen LogP contribution in [0.4, 0.5) is 5.82 Å². The molecule has 0 unspecified atom stereocenters. The summed E-state index contributed by atoms with van der Waals surface area (Å²) in [6, 6.07) is 15.6. The Balaban J connectivity index is 0.00000272. The molecule has 8 heteroatoms. The maximum absolute atomic E-state index is 13.1. The third-order valence-corrected chi connectivity index (χ3v) is 5.39. The van der Waals surface area contributed by atoms with Crippen molar-refractivity contribution in [2.24, 2.45) is 0 Å². The van der Waals surface area contributed by atoms with Crippen LogP contribution in [0.3, 0.4) is 0 Å². The Morgan fingerprint density at radius 3 is 2.13 bits per heavy atom. The molecule has 2 aromatic carbocycles. The summed E-state index contributed by atoms with van der Waals surface area (Å²) in [5, 5.41) is 1.12. The highest BCUT2D eigenvalue weighted by Crippen LogP contribution is 2.38. The lowest BCUT2D eigenvalue weighted by molar-refractivity contribution is 0.0745. The monoisotopic (exact) mass is 443 g/mol. The molecule has 1 amide bonds. The first-order chi connectivity index (χ1) is 14.6. The van der Waals surface area contributed by atoms with Gasteiger partial charge in [-0.15, -0.1) is 12.4 Å². The molecule has 164 valence electrons. The van der Waals surface area contributed by atoms with Gasteiger partial charge in [0.1, 0.15) is 5.82 Å². The first kappa shape index (κ1) is 22.5. The van der Waals surface area contributed by atoms with E-state index in [4.69, 9.17) is 19.2 Å². The van der Waals surface area contributed by atoms with E-state index in [1.54, 1.807) is 33.5 Å². The van der Waals surface area contributed by atoms with E-state index in [0.29, 0.717) is 35.9 Å². The SMILES string of the molecule is COc1cc(C(=O)N2CCN(c3ccc4ccccc4n3)CC2)cc(OC)c1OC.Cl. The van der Waals surface area contributed by atoms with Crippen LogP contribution in [0, 0.1) is 0 Å². The van der Waals surface area contributed by atoms with E-state index in [-0.39, 0.29) is 18.3 Å². The Morgan fingerprint density at radius 1 is 0.871 bits per heavy atom. The van der Waals surface area contributed by atoms with Crippen LogP contribution in [0.25, 0.3) is 10.9 Å². The van der Waals surface area contributed by atoms with Gasteiger partial charge in [-0.2, -0.15) is 0 Å². The molecular weight excluding hydrogens is 418 g/mol. The Kier molecular flexibility index (Phi) is 7.07. The molecule has 4 rings (SSSR count). The van der Waals surface area contributed by atoms with Gasteiger partial charge < -0.3 is 24.0 Å². The van der Waals surface area contributed by atoms with E-state index in [2.05, 4.69) is 17.0 Å². The van der Waals surface area contributed by atoms with Crippen molar-refractivity contribution in [2.45, 2.75) is 0 Å². The number of fused-ring (bicyclic) bond motifs is 1. The van der Waals surface area contributed by atoms with Gasteiger partial charge in [0.25, 0.3) is 5.91 Å². The van der Waals surface area contributed by atoms with Crippen LogP contribution < -0.4 is 19.1 Å². The minimum Gasteiger partial charge on any atom is -0.493 e. The average molecular weight is 444 g/mol. The lowest BCUT2D eigenvalue weighted by atomic mass is 10.1. The van der Waals surface area contributed by atoms with E-state index >= 15 is 0 Å². The Labute approximate surface area is 187 Å². The number of benzene rings is 2. The van der Waals surface area contributed by atoms with Gasteiger partial charge in [-0.3, -0.25) is 4.79 Å². The minimum atomic E-state index is -0.0552. The standard InChI is InChI=1S/C23H25N3O4.ClH/c1-28-19-14-17(15-20(29-2)22(19)30-3)23(27)26-12-10-25(11-13-26)21-9-8-16-6-4-5-7-18(16)24-21;/h4-9,14-15H,10-13H2,1-3H3;1H. The fourth-order valence-electron chi connectivity index (χ4n) is 3.76. The number of amides is 1. The smallest absolute Gasteiger partial charge is 0.254 e. The number of carbonyl (C=O) groups excluding carboxylic acids is 1. The summed E-state index contributed by atoms with van der Waals surface area (Å²) in [4.78, 5) is 21.9. The fourth-order valence-corrected chi connectivity index (χ4v) is 3.76. The van der Waals surface area contributed by atoms with Crippen LogP contribution in [-0.2, 0) is 0 Å². The topological polar surface area (TPSA) is 64.1 Å². The summed E-state index contributed by atoms with van der Waals surface area (Å²) in [6.45, 7) is 2.68. The lowest BCUT2D eigenvalue weighted by Gasteiger charge is -2.35. The van der Waals surface area contributed by atoms with Gasteiger partial charge in [0.2, 0.25) is 5.75 Å². The maximum Gasteiger partial charge on any atom is 0.254 e. The van der Waals surface area contributed by atoms with Gasteiger partial charge in [0.15, 0.2) is 11.5 Å². The van der Waals surface area contributed by atoms with E-state index in [9.17, 15) is 4.79 Å². The zero-order chi connectivity index (χ0) is 21.1. The minimum absolute atomic E-state index is 0. The van der Waals surface area contributed by atoms with Crippen molar-refractivity contribution in [3.05, 3.63) is 54.1 Å². The molecule has 1 aliphatic rings. The number of carbonyl (C=O) groups is 1. The highest BCUT2D eigenvalue weighted by atomic mass is 35.5. The molecule has 1 saturated heterocycles. The molecule has 0 saturated carbocycles. The Morgan fingerprint density at radius 2 is 1.52 bits per heavy atom. The van der Waals surface area contributed by atoms with Gasteiger partial charge in [-0.25, -0.2) is 4.98 Å². The van der Waals surface area contributed by atoms with Crippen molar-refractivity contribution < 1.29 is 19.0 Å². The number of methoxy groups -OCH3 is 3. The number of piperazine rings is 1. The summed E-state index contributed by atoms with van der Waals surface area (Å²) < 4.78 is 16.1. The normalized spacial score (nSPS) is 13.5. The maximum atomic E-state index is 13.1. The van der Waals surface area contributed by atoms with Gasteiger partial charge in [-0.1, -0.05) is 18.2 Å². The molecule has 7 nitrogen and oxygen atoms in total. The highest BCUT2D eigenvalue weighted by Gasteiger charge is 2.25. The van der Waals surface area contributed by atoms with E-state index in [1.807, 2.05) is 29.2 Å².